The molecule has 2 aromatic carbocycles. The second-order valence-electron chi connectivity index (χ2n) is 5.98. The molecule has 1 aliphatic heterocycles. The van der Waals surface area contributed by atoms with Crippen LogP contribution in [0.25, 0.3) is 0 Å². The van der Waals surface area contributed by atoms with E-state index in [1.54, 1.807) is 18.2 Å². The van der Waals surface area contributed by atoms with Gasteiger partial charge in [0.1, 0.15) is 11.3 Å². The standard InChI is InChI=1S/C19H18N2O8/c1-26-15-6-4-13(21(24)25)10-14(15)19(23)29-11-18(22)20-12-3-5-16-17(9-12)28-8-2-7-27-16/h3-6,9-10H,2,7-8,11H2,1H3,(H,20,22). The number of esters is 1. The molecule has 0 spiro atoms. The van der Waals surface area contributed by atoms with E-state index in [9.17, 15) is 19.7 Å². The van der Waals surface area contributed by atoms with Crippen LogP contribution in [0.1, 0.15) is 16.8 Å². The second-order valence-corrected chi connectivity index (χ2v) is 5.98. The smallest absolute Gasteiger partial charge is 0.342 e. The van der Waals surface area contributed by atoms with Crippen LogP contribution in [0.4, 0.5) is 11.4 Å². The third-order valence-corrected chi connectivity index (χ3v) is 3.98. The number of rotatable bonds is 6. The minimum atomic E-state index is -0.917. The molecule has 152 valence electrons. The van der Waals surface area contributed by atoms with E-state index in [2.05, 4.69) is 5.32 Å². The maximum Gasteiger partial charge on any atom is 0.342 e. The van der Waals surface area contributed by atoms with Crippen LogP contribution in [0.3, 0.4) is 0 Å². The van der Waals surface area contributed by atoms with Gasteiger partial charge in [-0.15, -0.1) is 0 Å². The maximum atomic E-state index is 12.2. The summed E-state index contributed by atoms with van der Waals surface area (Å²) >= 11 is 0. The predicted octanol–water partition coefficient (Wildman–Crippen LogP) is 2.56. The van der Waals surface area contributed by atoms with Crippen molar-refractivity contribution in [3.63, 3.8) is 0 Å². The van der Waals surface area contributed by atoms with Crippen molar-refractivity contribution in [2.75, 3.05) is 32.2 Å². The van der Waals surface area contributed by atoms with Crippen molar-refractivity contribution in [2.45, 2.75) is 6.42 Å². The topological polar surface area (TPSA) is 126 Å². The number of benzene rings is 2. The minimum absolute atomic E-state index is 0.101. The number of methoxy groups -OCH3 is 1. The van der Waals surface area contributed by atoms with E-state index in [0.717, 1.165) is 12.5 Å². The van der Waals surface area contributed by atoms with Crippen LogP contribution in [0.15, 0.2) is 36.4 Å². The Bertz CT molecular complexity index is 944. The number of amides is 1. The predicted molar refractivity (Wildman–Crippen MR) is 101 cm³/mol. The van der Waals surface area contributed by atoms with Crippen molar-refractivity contribution < 1.29 is 33.5 Å². The molecule has 0 saturated heterocycles. The highest BCUT2D eigenvalue weighted by atomic mass is 16.6. The van der Waals surface area contributed by atoms with Gasteiger partial charge in [-0.05, 0) is 18.2 Å². The largest absolute Gasteiger partial charge is 0.496 e. The molecule has 3 rings (SSSR count). The van der Waals surface area contributed by atoms with Gasteiger partial charge in [0.25, 0.3) is 11.6 Å². The van der Waals surface area contributed by atoms with E-state index in [1.165, 1.54) is 19.2 Å². The molecule has 0 radical (unpaired) electrons. The first-order valence-corrected chi connectivity index (χ1v) is 8.67. The van der Waals surface area contributed by atoms with Crippen LogP contribution >= 0.6 is 0 Å². The zero-order valence-corrected chi connectivity index (χ0v) is 15.5. The van der Waals surface area contributed by atoms with E-state index in [0.29, 0.717) is 30.4 Å². The Labute approximate surface area is 165 Å². The van der Waals surface area contributed by atoms with Crippen LogP contribution in [0, 0.1) is 10.1 Å². The average molecular weight is 402 g/mol. The van der Waals surface area contributed by atoms with Gasteiger partial charge in [0.15, 0.2) is 18.1 Å². The Balaban J connectivity index is 1.62. The number of nitro benzene ring substituents is 1. The molecule has 2 aromatic rings. The number of hydrogen-bond donors (Lipinski definition) is 1. The number of hydrogen-bond acceptors (Lipinski definition) is 8. The summed E-state index contributed by atoms with van der Waals surface area (Å²) in [6.07, 6.45) is 0.757. The van der Waals surface area contributed by atoms with Crippen molar-refractivity contribution in [3.8, 4) is 17.2 Å². The van der Waals surface area contributed by atoms with Crippen LogP contribution in [0.2, 0.25) is 0 Å². The first-order chi connectivity index (χ1) is 14.0. The molecule has 10 nitrogen and oxygen atoms in total. The fraction of sp³-hybridized carbons (Fsp3) is 0.263. The average Bonchev–Trinajstić information content (AvgIpc) is 2.96. The number of fused-ring (bicyclic) bond motifs is 1. The van der Waals surface area contributed by atoms with Gasteiger partial charge in [0.05, 0.1) is 25.2 Å². The molecular formula is C19H18N2O8. The van der Waals surface area contributed by atoms with Crippen molar-refractivity contribution in [1.29, 1.82) is 0 Å². The zero-order valence-electron chi connectivity index (χ0n) is 15.5. The number of anilines is 1. The third kappa shape index (κ3) is 4.92. The summed E-state index contributed by atoms with van der Waals surface area (Å²) in [5.74, 6) is -0.302. The van der Waals surface area contributed by atoms with Crippen LogP contribution in [0.5, 0.6) is 17.2 Å². The molecule has 0 aliphatic carbocycles. The van der Waals surface area contributed by atoms with E-state index in [1.807, 2.05) is 0 Å². The van der Waals surface area contributed by atoms with Crippen LogP contribution in [-0.4, -0.2) is 43.7 Å². The number of carbonyl (C=O) groups excluding carboxylic acids is 2. The Morgan fingerprint density at radius 2 is 1.90 bits per heavy atom. The SMILES string of the molecule is COc1ccc([N+](=O)[O-])cc1C(=O)OCC(=O)Nc1ccc2c(c1)OCCCO2. The number of nitro groups is 1. The molecular weight excluding hydrogens is 384 g/mol. The molecule has 10 heteroatoms. The number of ether oxygens (including phenoxy) is 4. The second kappa shape index (κ2) is 8.91. The molecule has 29 heavy (non-hydrogen) atoms. The van der Waals surface area contributed by atoms with Gasteiger partial charge >= 0.3 is 5.97 Å². The molecule has 1 aliphatic rings. The lowest BCUT2D eigenvalue weighted by Crippen LogP contribution is -2.21. The first-order valence-electron chi connectivity index (χ1n) is 8.67. The molecule has 0 atom stereocenters. The zero-order chi connectivity index (χ0) is 20.8. The molecule has 1 heterocycles. The number of carbonyl (C=O) groups is 2. The Morgan fingerprint density at radius 3 is 2.62 bits per heavy atom. The lowest BCUT2D eigenvalue weighted by Gasteiger charge is -2.11. The van der Waals surface area contributed by atoms with Gasteiger partial charge in [-0.2, -0.15) is 0 Å². The number of nitrogens with zero attached hydrogens (tertiary/aromatic N) is 1. The normalized spacial score (nSPS) is 12.4. The van der Waals surface area contributed by atoms with Gasteiger partial charge in [0.2, 0.25) is 0 Å². The van der Waals surface area contributed by atoms with Crippen molar-refractivity contribution in [2.24, 2.45) is 0 Å². The molecule has 0 aromatic heterocycles. The molecule has 1 N–H and O–H groups in total. The van der Waals surface area contributed by atoms with Gasteiger partial charge in [-0.3, -0.25) is 14.9 Å². The molecule has 0 saturated carbocycles. The Kier molecular flexibility index (Phi) is 6.12. The highest BCUT2D eigenvalue weighted by Gasteiger charge is 2.20. The fourth-order valence-corrected chi connectivity index (χ4v) is 2.62. The monoisotopic (exact) mass is 402 g/mol. The quantitative estimate of drug-likeness (QED) is 0.444. The highest BCUT2D eigenvalue weighted by Crippen LogP contribution is 2.32. The van der Waals surface area contributed by atoms with E-state index < -0.39 is 23.4 Å². The summed E-state index contributed by atoms with van der Waals surface area (Å²) in [5.41, 5.74) is 0.00251. The maximum absolute atomic E-state index is 12.2. The van der Waals surface area contributed by atoms with Gasteiger partial charge in [0, 0.05) is 30.3 Å². The van der Waals surface area contributed by atoms with Gasteiger partial charge < -0.3 is 24.3 Å². The Morgan fingerprint density at radius 1 is 1.14 bits per heavy atom. The molecule has 0 fully saturated rings. The van der Waals surface area contributed by atoms with Crippen molar-refractivity contribution in [3.05, 3.63) is 52.1 Å². The lowest BCUT2D eigenvalue weighted by molar-refractivity contribution is -0.384. The highest BCUT2D eigenvalue weighted by molar-refractivity contribution is 5.97. The fourth-order valence-electron chi connectivity index (χ4n) is 2.62. The van der Waals surface area contributed by atoms with Gasteiger partial charge in [-0.1, -0.05) is 0 Å². The number of non-ortho nitro benzene ring substituents is 1. The van der Waals surface area contributed by atoms with E-state index >= 15 is 0 Å². The van der Waals surface area contributed by atoms with Crippen molar-refractivity contribution in [1.82, 2.24) is 0 Å². The van der Waals surface area contributed by atoms with E-state index in [-0.39, 0.29) is 17.0 Å². The first kappa shape index (κ1) is 19.9. The van der Waals surface area contributed by atoms with Gasteiger partial charge in [-0.25, -0.2) is 4.79 Å². The molecule has 0 bridgehead atoms. The summed E-state index contributed by atoms with van der Waals surface area (Å²) < 4.78 is 21.0. The minimum Gasteiger partial charge on any atom is -0.496 e. The van der Waals surface area contributed by atoms with Crippen molar-refractivity contribution >= 4 is 23.3 Å². The summed E-state index contributed by atoms with van der Waals surface area (Å²) in [7, 11) is 1.31. The molecule has 0 unspecified atom stereocenters. The third-order valence-electron chi connectivity index (χ3n) is 3.98. The summed E-state index contributed by atoms with van der Waals surface area (Å²) in [5, 5.41) is 13.5. The lowest BCUT2D eigenvalue weighted by atomic mass is 10.2. The summed E-state index contributed by atoms with van der Waals surface area (Å²) in [6.45, 7) is 0.474. The summed E-state index contributed by atoms with van der Waals surface area (Å²) in [4.78, 5) is 34.6. The van der Waals surface area contributed by atoms with E-state index in [4.69, 9.17) is 18.9 Å². The van der Waals surface area contributed by atoms with Crippen LogP contribution < -0.4 is 19.5 Å². The summed E-state index contributed by atoms with van der Waals surface area (Å²) in [6, 6.07) is 8.44. The Hall–Kier alpha value is -3.82. The van der Waals surface area contributed by atoms with Crippen LogP contribution in [-0.2, 0) is 9.53 Å². The molecule has 1 amide bonds. The number of nitrogens with one attached hydrogen (secondary N) is 1.